The molecule has 0 spiro atoms. The lowest BCUT2D eigenvalue weighted by Gasteiger charge is -2.40. The molecule has 0 unspecified atom stereocenters. The van der Waals surface area contributed by atoms with Crippen molar-refractivity contribution in [2.45, 2.75) is 6.42 Å². The molecule has 1 aliphatic rings. The second-order valence-corrected chi connectivity index (χ2v) is 4.56. The summed E-state index contributed by atoms with van der Waals surface area (Å²) in [5.74, 6) is 1.51. The van der Waals surface area contributed by atoms with Crippen LogP contribution >= 0.6 is 0 Å². The van der Waals surface area contributed by atoms with Gasteiger partial charge in [0, 0.05) is 12.0 Å². The maximum Gasteiger partial charge on any atom is 0.160 e. The maximum absolute atomic E-state index is 5.81. The molecule has 1 fully saturated rings. The third kappa shape index (κ3) is 2.37. The van der Waals surface area contributed by atoms with Crippen molar-refractivity contribution in [1.29, 1.82) is 0 Å². The summed E-state index contributed by atoms with van der Waals surface area (Å²) >= 11 is 0. The summed E-state index contributed by atoms with van der Waals surface area (Å²) in [5, 5.41) is 0. The summed E-state index contributed by atoms with van der Waals surface area (Å²) in [6.07, 6.45) is 0.920. The summed E-state index contributed by atoms with van der Waals surface area (Å²) in [7, 11) is 3.28. The molecule has 2 rings (SSSR count). The predicted octanol–water partition coefficient (Wildman–Crippen LogP) is 1.22. The molecule has 1 saturated heterocycles. The molecule has 0 bridgehead atoms. The predicted molar refractivity (Wildman–Crippen MR) is 65.6 cm³/mol. The van der Waals surface area contributed by atoms with E-state index in [0.29, 0.717) is 6.54 Å². The van der Waals surface area contributed by atoms with Crippen LogP contribution in [0.3, 0.4) is 0 Å². The van der Waals surface area contributed by atoms with E-state index in [9.17, 15) is 0 Å². The Morgan fingerprint density at radius 2 is 1.94 bits per heavy atom. The number of hydrogen-bond acceptors (Lipinski definition) is 4. The lowest BCUT2D eigenvalue weighted by atomic mass is 9.80. The lowest BCUT2D eigenvalue weighted by molar-refractivity contribution is -0.106. The zero-order valence-electron chi connectivity index (χ0n) is 10.4. The minimum absolute atomic E-state index is 0.111. The van der Waals surface area contributed by atoms with Crippen LogP contribution in [0.15, 0.2) is 18.2 Å². The van der Waals surface area contributed by atoms with Crippen molar-refractivity contribution in [3.63, 3.8) is 0 Å². The monoisotopic (exact) mass is 237 g/mol. The number of methoxy groups -OCH3 is 2. The summed E-state index contributed by atoms with van der Waals surface area (Å²) in [4.78, 5) is 0. The molecule has 0 atom stereocenters. The molecule has 1 aliphatic heterocycles. The first-order chi connectivity index (χ1) is 8.23. The Balaban J connectivity index is 2.16. The van der Waals surface area contributed by atoms with E-state index in [0.717, 1.165) is 31.1 Å². The highest BCUT2D eigenvalue weighted by molar-refractivity contribution is 5.43. The van der Waals surface area contributed by atoms with E-state index in [2.05, 4.69) is 6.07 Å². The van der Waals surface area contributed by atoms with Gasteiger partial charge in [-0.25, -0.2) is 0 Å². The summed E-state index contributed by atoms with van der Waals surface area (Å²) in [5.41, 5.74) is 7.12. The molecule has 4 nitrogen and oxygen atoms in total. The first kappa shape index (κ1) is 12.2. The van der Waals surface area contributed by atoms with E-state index in [-0.39, 0.29) is 5.41 Å². The molecule has 0 amide bonds. The van der Waals surface area contributed by atoms with Gasteiger partial charge in [-0.1, -0.05) is 6.07 Å². The molecule has 0 saturated carbocycles. The van der Waals surface area contributed by atoms with Crippen molar-refractivity contribution in [3.05, 3.63) is 23.8 Å². The van der Waals surface area contributed by atoms with Crippen LogP contribution in [0.4, 0.5) is 0 Å². The lowest BCUT2D eigenvalue weighted by Crippen LogP contribution is -2.49. The van der Waals surface area contributed by atoms with Gasteiger partial charge in [-0.05, 0) is 24.1 Å². The standard InChI is InChI=1S/C13H19NO3/c1-15-11-4-3-10(5-12(11)16-2)6-13(7-14)8-17-9-13/h3-5H,6-9,14H2,1-2H3. The molecule has 2 N–H and O–H groups in total. The van der Waals surface area contributed by atoms with Gasteiger partial charge in [-0.2, -0.15) is 0 Å². The molecule has 1 heterocycles. The zero-order chi connectivity index (χ0) is 12.3. The smallest absolute Gasteiger partial charge is 0.160 e. The van der Waals surface area contributed by atoms with Crippen LogP contribution in [-0.4, -0.2) is 34.0 Å². The Hall–Kier alpha value is -1.26. The molecule has 0 aliphatic carbocycles. The average molecular weight is 237 g/mol. The minimum atomic E-state index is 0.111. The zero-order valence-corrected chi connectivity index (χ0v) is 10.4. The number of hydrogen-bond donors (Lipinski definition) is 1. The molecule has 17 heavy (non-hydrogen) atoms. The third-order valence-electron chi connectivity index (χ3n) is 3.28. The fourth-order valence-electron chi connectivity index (χ4n) is 2.11. The number of rotatable bonds is 5. The topological polar surface area (TPSA) is 53.7 Å². The highest BCUT2D eigenvalue weighted by Crippen LogP contribution is 2.34. The molecule has 4 heteroatoms. The Labute approximate surface area is 102 Å². The molecule has 1 aromatic rings. The highest BCUT2D eigenvalue weighted by atomic mass is 16.5. The Morgan fingerprint density at radius 1 is 1.24 bits per heavy atom. The number of nitrogens with two attached hydrogens (primary N) is 1. The molecule has 94 valence electrons. The highest BCUT2D eigenvalue weighted by Gasteiger charge is 2.37. The van der Waals surface area contributed by atoms with Crippen LogP contribution in [0.2, 0.25) is 0 Å². The SMILES string of the molecule is COc1ccc(CC2(CN)COC2)cc1OC. The van der Waals surface area contributed by atoms with Crippen molar-refractivity contribution in [3.8, 4) is 11.5 Å². The van der Waals surface area contributed by atoms with Crippen molar-refractivity contribution in [1.82, 2.24) is 0 Å². The van der Waals surface area contributed by atoms with Gasteiger partial charge < -0.3 is 19.9 Å². The molecule has 1 aromatic carbocycles. The van der Waals surface area contributed by atoms with Crippen molar-refractivity contribution >= 4 is 0 Å². The molecular weight excluding hydrogens is 218 g/mol. The van der Waals surface area contributed by atoms with Gasteiger partial charge in [0.15, 0.2) is 11.5 Å². The van der Waals surface area contributed by atoms with E-state index >= 15 is 0 Å². The quantitative estimate of drug-likeness (QED) is 0.836. The average Bonchev–Trinajstić information content (AvgIpc) is 2.33. The molecule has 0 radical (unpaired) electrons. The van der Waals surface area contributed by atoms with Crippen LogP contribution < -0.4 is 15.2 Å². The van der Waals surface area contributed by atoms with Gasteiger partial charge >= 0.3 is 0 Å². The summed E-state index contributed by atoms with van der Waals surface area (Å²) in [6.45, 7) is 2.15. The molecule has 0 aromatic heterocycles. The van der Waals surface area contributed by atoms with Gasteiger partial charge in [0.05, 0.1) is 27.4 Å². The van der Waals surface area contributed by atoms with Crippen LogP contribution in [0, 0.1) is 5.41 Å². The summed E-state index contributed by atoms with van der Waals surface area (Å²) in [6, 6.07) is 5.99. The maximum atomic E-state index is 5.81. The summed E-state index contributed by atoms with van der Waals surface area (Å²) < 4.78 is 15.8. The van der Waals surface area contributed by atoms with Crippen molar-refractivity contribution in [2.75, 3.05) is 34.0 Å². The van der Waals surface area contributed by atoms with E-state index in [1.807, 2.05) is 12.1 Å². The molecular formula is C13H19NO3. The van der Waals surface area contributed by atoms with E-state index in [1.54, 1.807) is 14.2 Å². The van der Waals surface area contributed by atoms with Gasteiger partial charge in [0.1, 0.15) is 0 Å². The second-order valence-electron chi connectivity index (χ2n) is 4.56. The third-order valence-corrected chi connectivity index (χ3v) is 3.28. The largest absolute Gasteiger partial charge is 0.493 e. The van der Waals surface area contributed by atoms with Gasteiger partial charge in [-0.3, -0.25) is 0 Å². The number of benzene rings is 1. The van der Waals surface area contributed by atoms with Crippen LogP contribution in [0.5, 0.6) is 11.5 Å². The van der Waals surface area contributed by atoms with E-state index in [1.165, 1.54) is 5.56 Å². The minimum Gasteiger partial charge on any atom is -0.493 e. The normalized spacial score (nSPS) is 17.4. The first-order valence-corrected chi connectivity index (χ1v) is 5.72. The van der Waals surface area contributed by atoms with Gasteiger partial charge in [0.25, 0.3) is 0 Å². The first-order valence-electron chi connectivity index (χ1n) is 5.72. The fraction of sp³-hybridized carbons (Fsp3) is 0.538. The Bertz CT molecular complexity index is 383. The van der Waals surface area contributed by atoms with E-state index in [4.69, 9.17) is 19.9 Å². The Morgan fingerprint density at radius 3 is 2.41 bits per heavy atom. The second kappa shape index (κ2) is 4.94. The van der Waals surface area contributed by atoms with Crippen LogP contribution in [-0.2, 0) is 11.2 Å². The number of ether oxygens (including phenoxy) is 3. The fourth-order valence-corrected chi connectivity index (χ4v) is 2.11. The van der Waals surface area contributed by atoms with Crippen LogP contribution in [0.1, 0.15) is 5.56 Å². The van der Waals surface area contributed by atoms with Crippen molar-refractivity contribution < 1.29 is 14.2 Å². The van der Waals surface area contributed by atoms with Gasteiger partial charge in [0.2, 0.25) is 0 Å². The van der Waals surface area contributed by atoms with E-state index < -0.39 is 0 Å². The van der Waals surface area contributed by atoms with Crippen molar-refractivity contribution in [2.24, 2.45) is 11.1 Å². The van der Waals surface area contributed by atoms with Crippen LogP contribution in [0.25, 0.3) is 0 Å². The Kier molecular flexibility index (Phi) is 3.54. The van der Waals surface area contributed by atoms with Gasteiger partial charge in [-0.15, -0.1) is 0 Å².